The second-order valence-corrected chi connectivity index (χ2v) is 11.4. The monoisotopic (exact) mass is 649 g/mol. The molecule has 0 aliphatic carbocycles. The number of rotatable bonds is 5. The van der Waals surface area contributed by atoms with Gasteiger partial charge in [-0.25, -0.2) is 19.7 Å². The normalized spacial score (nSPS) is 13.1. The first-order chi connectivity index (χ1) is 24.0. The Kier molecular flexibility index (Phi) is 9.11. The topological polar surface area (TPSA) is 136 Å². The number of amides is 2. The second kappa shape index (κ2) is 14.2. The second-order valence-electron chi connectivity index (χ2n) is 11.4. The molecule has 4 aromatic carbocycles. The Morgan fingerprint density at radius 3 is 2.18 bits per heavy atom. The number of aromatic nitrogens is 3. The maximum atomic E-state index is 12.9. The first-order valence-corrected chi connectivity index (χ1v) is 15.9. The minimum absolute atomic E-state index is 0.0601. The molecule has 0 atom stereocenters. The maximum Gasteiger partial charge on any atom is 0.365 e. The minimum atomic E-state index is -0.469. The van der Waals surface area contributed by atoms with Crippen LogP contribution in [0.15, 0.2) is 131 Å². The highest BCUT2D eigenvalue weighted by Crippen LogP contribution is 2.27. The Hall–Kier alpha value is -6.26. The van der Waals surface area contributed by atoms with Gasteiger partial charge in [0.2, 0.25) is 5.89 Å². The third-order valence-electron chi connectivity index (χ3n) is 8.27. The lowest BCUT2D eigenvalue weighted by atomic mass is 10.0. The molecule has 1 aliphatic rings. The van der Waals surface area contributed by atoms with E-state index in [2.05, 4.69) is 25.6 Å². The highest BCUT2D eigenvalue weighted by Gasteiger charge is 2.21. The molecular weight excluding hydrogens is 618 g/mol. The number of hydrogen-bond acceptors (Lipinski definition) is 8. The van der Waals surface area contributed by atoms with Crippen LogP contribution in [0.5, 0.6) is 0 Å². The number of nitrogens with one attached hydrogen (secondary N) is 2. The highest BCUT2D eigenvalue weighted by molar-refractivity contribution is 6.14. The van der Waals surface area contributed by atoms with E-state index < -0.39 is 5.63 Å². The number of hydrogen-bond donors (Lipinski definition) is 2. The lowest BCUT2D eigenvalue weighted by molar-refractivity contribution is 0.0694. The van der Waals surface area contributed by atoms with E-state index >= 15 is 0 Å². The van der Waals surface area contributed by atoms with E-state index in [1.807, 2.05) is 78.9 Å². The Morgan fingerprint density at radius 1 is 0.694 bits per heavy atom. The SMILES string of the molecule is O=C(NC1CCOCC1)c1ncccc1NC(=O)c1cccc2ccccc12.O=c1oc(-c2cccc3ccccc23)nc2cccnc12. The smallest absolute Gasteiger partial charge is 0.365 e. The average molecular weight is 650 g/mol. The summed E-state index contributed by atoms with van der Waals surface area (Å²) >= 11 is 0. The number of nitrogens with zero attached hydrogens (tertiary/aromatic N) is 3. The summed E-state index contributed by atoms with van der Waals surface area (Å²) in [6.45, 7) is 1.27. The summed E-state index contributed by atoms with van der Waals surface area (Å²) in [5, 5.41) is 9.76. The van der Waals surface area contributed by atoms with E-state index in [1.54, 1.807) is 42.7 Å². The summed E-state index contributed by atoms with van der Waals surface area (Å²) in [6, 6.07) is 34.0. The molecule has 4 heterocycles. The van der Waals surface area contributed by atoms with Crippen molar-refractivity contribution in [3.8, 4) is 11.5 Å². The molecule has 0 radical (unpaired) electrons. The molecule has 10 heteroatoms. The zero-order valence-corrected chi connectivity index (χ0v) is 26.3. The molecule has 1 saturated heterocycles. The predicted octanol–water partition coefficient (Wildman–Crippen LogP) is 6.80. The lowest BCUT2D eigenvalue weighted by Crippen LogP contribution is -2.39. The summed E-state index contributed by atoms with van der Waals surface area (Å²) in [5.41, 5.74) is 2.28. The van der Waals surface area contributed by atoms with E-state index in [-0.39, 0.29) is 29.1 Å². The van der Waals surface area contributed by atoms with Crippen LogP contribution in [-0.2, 0) is 4.74 Å². The largest absolute Gasteiger partial charge is 0.402 e. The van der Waals surface area contributed by atoms with Gasteiger partial charge < -0.3 is 19.8 Å². The lowest BCUT2D eigenvalue weighted by Gasteiger charge is -2.23. The van der Waals surface area contributed by atoms with Crippen LogP contribution in [0.2, 0.25) is 0 Å². The molecule has 7 aromatic rings. The number of fused-ring (bicyclic) bond motifs is 3. The molecule has 2 N–H and O–H groups in total. The van der Waals surface area contributed by atoms with Gasteiger partial charge >= 0.3 is 5.63 Å². The van der Waals surface area contributed by atoms with Gasteiger partial charge in [-0.15, -0.1) is 0 Å². The molecule has 0 spiro atoms. The van der Waals surface area contributed by atoms with E-state index in [0.29, 0.717) is 35.9 Å². The number of ether oxygens (including phenoxy) is 1. The Bertz CT molecular complexity index is 2360. The molecule has 49 heavy (non-hydrogen) atoms. The first-order valence-electron chi connectivity index (χ1n) is 15.9. The van der Waals surface area contributed by atoms with Crippen LogP contribution in [0, 0.1) is 0 Å². The average Bonchev–Trinajstić information content (AvgIpc) is 3.15. The molecule has 0 bridgehead atoms. The number of benzene rings is 4. The maximum absolute atomic E-state index is 12.9. The van der Waals surface area contributed by atoms with Gasteiger partial charge in [-0.2, -0.15) is 0 Å². The van der Waals surface area contributed by atoms with Gasteiger partial charge in [-0.1, -0.05) is 72.8 Å². The van der Waals surface area contributed by atoms with E-state index in [9.17, 15) is 14.4 Å². The van der Waals surface area contributed by atoms with E-state index in [0.717, 1.165) is 39.9 Å². The van der Waals surface area contributed by atoms with Crippen molar-refractivity contribution >= 4 is 50.1 Å². The molecule has 8 rings (SSSR count). The third kappa shape index (κ3) is 6.90. The molecule has 242 valence electrons. The standard InChI is InChI=1S/C22H21N3O3.C17H10N2O2/c26-21(18-8-3-6-15-5-1-2-7-17(15)18)25-19-9-4-12-23-20(19)22(27)24-16-10-13-28-14-11-16;20-17-15-14(9-4-10-18-15)19-16(21-17)13-8-3-6-11-5-1-2-7-12(11)13/h1-9,12,16H,10-11,13-14H2,(H,24,27)(H,25,26);1-10H. The van der Waals surface area contributed by atoms with Gasteiger partial charge in [0.1, 0.15) is 5.52 Å². The zero-order valence-electron chi connectivity index (χ0n) is 26.3. The van der Waals surface area contributed by atoms with Crippen LogP contribution >= 0.6 is 0 Å². The van der Waals surface area contributed by atoms with Crippen molar-refractivity contribution in [3.05, 3.63) is 143 Å². The van der Waals surface area contributed by atoms with Crippen LogP contribution in [0.25, 0.3) is 44.0 Å². The number of carbonyl (C=O) groups is 2. The Balaban J connectivity index is 0.000000160. The van der Waals surface area contributed by atoms with Crippen LogP contribution in [0.1, 0.15) is 33.7 Å². The molecule has 1 aliphatic heterocycles. The number of anilines is 1. The quantitative estimate of drug-likeness (QED) is 0.208. The van der Waals surface area contributed by atoms with Crippen molar-refractivity contribution in [1.29, 1.82) is 0 Å². The molecule has 0 saturated carbocycles. The summed E-state index contributed by atoms with van der Waals surface area (Å²) in [6.07, 6.45) is 4.65. The predicted molar refractivity (Wildman–Crippen MR) is 188 cm³/mol. The summed E-state index contributed by atoms with van der Waals surface area (Å²) < 4.78 is 10.7. The van der Waals surface area contributed by atoms with E-state index in [4.69, 9.17) is 9.15 Å². The summed E-state index contributed by atoms with van der Waals surface area (Å²) in [5.74, 6) is -0.247. The number of carbonyl (C=O) groups excluding carboxylic acids is 2. The van der Waals surface area contributed by atoms with Crippen LogP contribution < -0.4 is 16.3 Å². The molecular formula is C39H31N5O5. The van der Waals surface area contributed by atoms with Crippen molar-refractivity contribution in [1.82, 2.24) is 20.3 Å². The fraction of sp³-hybridized carbons (Fsp3) is 0.128. The van der Waals surface area contributed by atoms with Gasteiger partial charge in [-0.3, -0.25) is 9.59 Å². The molecule has 0 unspecified atom stereocenters. The number of pyridine rings is 2. The Morgan fingerprint density at radius 2 is 1.37 bits per heavy atom. The fourth-order valence-electron chi connectivity index (χ4n) is 5.84. The van der Waals surface area contributed by atoms with Crippen LogP contribution in [0.4, 0.5) is 5.69 Å². The minimum Gasteiger partial charge on any atom is -0.402 e. The summed E-state index contributed by atoms with van der Waals surface area (Å²) in [4.78, 5) is 50.3. The van der Waals surface area contributed by atoms with Crippen molar-refractivity contribution in [3.63, 3.8) is 0 Å². The van der Waals surface area contributed by atoms with Gasteiger partial charge in [0, 0.05) is 42.8 Å². The fourth-order valence-corrected chi connectivity index (χ4v) is 5.84. The Labute approximate surface area is 280 Å². The molecule has 3 aromatic heterocycles. The van der Waals surface area contributed by atoms with Gasteiger partial charge in [0.15, 0.2) is 11.2 Å². The van der Waals surface area contributed by atoms with Crippen molar-refractivity contribution < 1.29 is 18.7 Å². The van der Waals surface area contributed by atoms with Gasteiger partial charge in [0.25, 0.3) is 11.8 Å². The van der Waals surface area contributed by atoms with E-state index in [1.165, 1.54) is 0 Å². The molecule has 1 fully saturated rings. The molecule has 10 nitrogen and oxygen atoms in total. The van der Waals surface area contributed by atoms with Crippen molar-refractivity contribution in [2.45, 2.75) is 18.9 Å². The van der Waals surface area contributed by atoms with Gasteiger partial charge in [0.05, 0.1) is 5.69 Å². The first kappa shape index (κ1) is 31.3. The highest BCUT2D eigenvalue weighted by atomic mass is 16.5. The molecule has 2 amide bonds. The van der Waals surface area contributed by atoms with Crippen molar-refractivity contribution in [2.75, 3.05) is 18.5 Å². The summed E-state index contributed by atoms with van der Waals surface area (Å²) in [7, 11) is 0. The van der Waals surface area contributed by atoms with Crippen molar-refractivity contribution in [2.24, 2.45) is 0 Å². The van der Waals surface area contributed by atoms with Gasteiger partial charge in [-0.05, 0) is 70.8 Å². The van der Waals surface area contributed by atoms with Crippen LogP contribution in [0.3, 0.4) is 0 Å². The van der Waals surface area contributed by atoms with Crippen LogP contribution in [-0.4, -0.2) is 46.0 Å². The third-order valence-corrected chi connectivity index (χ3v) is 8.27. The zero-order chi connectivity index (χ0) is 33.6.